The molecule has 0 radical (unpaired) electrons. The number of anilines is 1. The van der Waals surface area contributed by atoms with Crippen molar-refractivity contribution in [2.24, 2.45) is 0 Å². The number of imidazole rings is 1. The smallest absolute Gasteiger partial charge is 0.407 e. The number of rotatable bonds is 12. The molecule has 5 rings (SSSR count). The molecule has 3 heterocycles. The molecule has 2 aromatic carbocycles. The molecular formula is C34H40N8O7S. The van der Waals surface area contributed by atoms with Crippen LogP contribution in [0.4, 0.5) is 14.7 Å². The van der Waals surface area contributed by atoms with Crippen LogP contribution in [-0.4, -0.2) is 101 Å². The first-order valence-electron chi connectivity index (χ1n) is 16.2. The second kappa shape index (κ2) is 16.3. The van der Waals surface area contributed by atoms with E-state index in [1.807, 2.05) is 56.3 Å². The average molecular weight is 705 g/mol. The zero-order chi connectivity index (χ0) is 35.8. The molecule has 0 saturated carbocycles. The Morgan fingerprint density at radius 1 is 1.00 bits per heavy atom. The van der Waals surface area contributed by atoms with Gasteiger partial charge in [-0.2, -0.15) is 0 Å². The molecule has 15 nitrogen and oxygen atoms in total. The summed E-state index contributed by atoms with van der Waals surface area (Å²) in [5.41, 5.74) is 4.43. The van der Waals surface area contributed by atoms with E-state index in [0.29, 0.717) is 36.9 Å². The van der Waals surface area contributed by atoms with Crippen molar-refractivity contribution < 1.29 is 33.4 Å². The quantitative estimate of drug-likeness (QED) is 0.167. The van der Waals surface area contributed by atoms with Gasteiger partial charge in [-0.25, -0.2) is 19.6 Å². The van der Waals surface area contributed by atoms with Gasteiger partial charge in [0.1, 0.15) is 25.0 Å². The number of likely N-dealkylation sites (tertiary alicyclic amines) is 1. The number of fused-ring (bicyclic) bond motifs is 1. The molecule has 50 heavy (non-hydrogen) atoms. The number of nitrogens with one attached hydrogen (secondary N) is 4. The van der Waals surface area contributed by atoms with E-state index in [2.05, 4.69) is 40.4 Å². The van der Waals surface area contributed by atoms with Gasteiger partial charge in [-0.3, -0.25) is 14.4 Å². The van der Waals surface area contributed by atoms with Gasteiger partial charge >= 0.3 is 12.2 Å². The molecule has 5 amide bonds. The van der Waals surface area contributed by atoms with Crippen LogP contribution < -0.4 is 16.0 Å². The minimum absolute atomic E-state index is 0.171. The average Bonchev–Trinajstić information content (AvgIpc) is 3.91. The molecule has 1 unspecified atom stereocenters. The highest BCUT2D eigenvalue weighted by Gasteiger charge is 2.34. The largest absolute Gasteiger partial charge is 0.453 e. The zero-order valence-corrected chi connectivity index (χ0v) is 29.1. The van der Waals surface area contributed by atoms with E-state index in [-0.39, 0.29) is 36.9 Å². The molecule has 1 saturated heterocycles. The highest BCUT2D eigenvalue weighted by atomic mass is 32.1. The molecule has 4 N–H and O–H groups in total. The lowest BCUT2D eigenvalue weighted by molar-refractivity contribution is -0.135. The van der Waals surface area contributed by atoms with Crippen molar-refractivity contribution in [2.75, 3.05) is 45.7 Å². The third-order valence-corrected chi connectivity index (χ3v) is 9.34. The number of methoxy groups -OCH3 is 2. The summed E-state index contributed by atoms with van der Waals surface area (Å²) in [6.07, 6.45) is 2.31. The molecule has 2 atom stereocenters. The van der Waals surface area contributed by atoms with Crippen molar-refractivity contribution in [3.63, 3.8) is 0 Å². The highest BCUT2D eigenvalue weighted by molar-refractivity contribution is 7.22. The maximum absolute atomic E-state index is 13.1. The lowest BCUT2D eigenvalue weighted by Crippen LogP contribution is -2.47. The molecule has 0 spiro atoms. The summed E-state index contributed by atoms with van der Waals surface area (Å²) >= 11 is 1.35. The van der Waals surface area contributed by atoms with E-state index in [1.165, 1.54) is 30.5 Å². The van der Waals surface area contributed by atoms with Gasteiger partial charge in [0.25, 0.3) is 0 Å². The number of carbonyl (C=O) groups is 5. The van der Waals surface area contributed by atoms with Crippen LogP contribution in [0, 0.1) is 0 Å². The number of nitrogens with zero attached hydrogens (tertiary/aromatic N) is 4. The predicted octanol–water partition coefficient (Wildman–Crippen LogP) is 4.29. The number of H-pyrrole nitrogens is 1. The summed E-state index contributed by atoms with van der Waals surface area (Å²) in [5.74, 6) is -0.281. The lowest BCUT2D eigenvalue weighted by atomic mass is 10.0. The Balaban J connectivity index is 1.23. The van der Waals surface area contributed by atoms with Crippen LogP contribution in [0.5, 0.6) is 0 Å². The minimum Gasteiger partial charge on any atom is -0.453 e. The monoisotopic (exact) mass is 704 g/mol. The first-order valence-corrected chi connectivity index (χ1v) is 17.0. The van der Waals surface area contributed by atoms with E-state index < -0.39 is 18.2 Å². The van der Waals surface area contributed by atoms with Crippen molar-refractivity contribution in [2.45, 2.75) is 45.2 Å². The number of ether oxygens (including phenoxy) is 2. The molecular weight excluding hydrogens is 664 g/mol. The number of aromatic nitrogens is 3. The van der Waals surface area contributed by atoms with Gasteiger partial charge in [-0.1, -0.05) is 48.6 Å². The van der Waals surface area contributed by atoms with E-state index >= 15 is 0 Å². The van der Waals surface area contributed by atoms with Gasteiger partial charge in [-0.15, -0.1) is 0 Å². The van der Waals surface area contributed by atoms with Gasteiger partial charge in [0.15, 0.2) is 5.13 Å². The SMILES string of the molecule is CCCN(C(=O)CNC(=O)OC)C(C)c1ncc(-c2ccc(-c3ccc4nc(NC(=O)[C@@H]5CCCN5C(=O)CNC(=O)OC)sc4c3)cc2)[nH]1. The highest BCUT2D eigenvalue weighted by Crippen LogP contribution is 2.32. The number of aromatic amines is 1. The number of amides is 5. The number of hydrogen-bond donors (Lipinski definition) is 4. The standard InChI is InChI=1S/C34H40N8O7S/c1-5-14-41(28(43)18-36-33(46)48-3)20(2)30-35-17-25(38-30)22-10-8-21(9-11-22)23-12-13-24-27(16-23)50-32(39-24)40-31(45)26-7-6-15-42(26)29(44)19-37-34(47)49-4/h8-13,16-17,20,26H,5-7,14-15,18-19H2,1-4H3,(H,35,38)(H,36,46)(H,37,47)(H,39,40,45)/t20?,26-/m0/s1. The van der Waals surface area contributed by atoms with Crippen LogP contribution >= 0.6 is 11.3 Å². The molecule has 1 fully saturated rings. The molecule has 1 aliphatic heterocycles. The maximum atomic E-state index is 13.1. The molecule has 264 valence electrons. The second-order valence-electron chi connectivity index (χ2n) is 11.6. The van der Waals surface area contributed by atoms with Crippen LogP contribution in [0.1, 0.15) is 45.0 Å². The van der Waals surface area contributed by atoms with Crippen LogP contribution in [0.25, 0.3) is 32.6 Å². The molecule has 0 aliphatic carbocycles. The third kappa shape index (κ3) is 8.37. The summed E-state index contributed by atoms with van der Waals surface area (Å²) < 4.78 is 9.97. The molecule has 4 aromatic rings. The maximum Gasteiger partial charge on any atom is 0.407 e. The fraction of sp³-hybridized carbons (Fsp3) is 0.382. The van der Waals surface area contributed by atoms with E-state index in [4.69, 9.17) is 0 Å². The van der Waals surface area contributed by atoms with E-state index in [9.17, 15) is 24.0 Å². The Morgan fingerprint density at radius 2 is 1.68 bits per heavy atom. The summed E-state index contributed by atoms with van der Waals surface area (Å²) in [7, 11) is 2.46. The Morgan fingerprint density at radius 3 is 2.38 bits per heavy atom. The van der Waals surface area contributed by atoms with Gasteiger partial charge < -0.3 is 40.2 Å². The Labute approximate surface area is 292 Å². The molecule has 0 bridgehead atoms. The summed E-state index contributed by atoms with van der Waals surface area (Å²) in [6, 6.07) is 12.9. The zero-order valence-electron chi connectivity index (χ0n) is 28.3. The first-order chi connectivity index (χ1) is 24.1. The summed E-state index contributed by atoms with van der Waals surface area (Å²) in [5, 5.41) is 8.12. The van der Waals surface area contributed by atoms with E-state index in [1.54, 1.807) is 11.1 Å². The number of alkyl carbamates (subject to hydrolysis) is 2. The molecule has 2 aromatic heterocycles. The van der Waals surface area contributed by atoms with Gasteiger partial charge in [0, 0.05) is 13.1 Å². The Kier molecular flexibility index (Phi) is 11.6. The fourth-order valence-corrected chi connectivity index (χ4v) is 6.70. The second-order valence-corrected chi connectivity index (χ2v) is 12.7. The van der Waals surface area contributed by atoms with Gasteiger partial charge in [0.2, 0.25) is 17.7 Å². The number of thiazole rings is 1. The lowest BCUT2D eigenvalue weighted by Gasteiger charge is -2.27. The van der Waals surface area contributed by atoms with Crippen LogP contribution in [0.15, 0.2) is 48.7 Å². The van der Waals surface area contributed by atoms with Crippen LogP contribution in [0.3, 0.4) is 0 Å². The predicted molar refractivity (Wildman–Crippen MR) is 187 cm³/mol. The van der Waals surface area contributed by atoms with Gasteiger partial charge in [-0.05, 0) is 55.0 Å². The van der Waals surface area contributed by atoms with Crippen LogP contribution in [-0.2, 0) is 23.9 Å². The van der Waals surface area contributed by atoms with Crippen molar-refractivity contribution in [3.8, 4) is 22.4 Å². The Bertz CT molecular complexity index is 1860. The molecule has 1 aliphatic rings. The number of benzene rings is 2. The van der Waals surface area contributed by atoms with Crippen molar-refractivity contribution in [3.05, 3.63) is 54.5 Å². The fourth-order valence-electron chi connectivity index (χ4n) is 5.79. The van der Waals surface area contributed by atoms with Crippen molar-refractivity contribution in [1.29, 1.82) is 0 Å². The number of hydrogen-bond acceptors (Lipinski definition) is 10. The third-order valence-electron chi connectivity index (χ3n) is 8.41. The minimum atomic E-state index is -0.709. The van der Waals surface area contributed by atoms with Gasteiger partial charge in [0.05, 0.1) is 42.4 Å². The van der Waals surface area contributed by atoms with Crippen molar-refractivity contribution >= 4 is 56.6 Å². The normalized spacial score (nSPS) is 14.6. The first kappa shape index (κ1) is 35.8. The van der Waals surface area contributed by atoms with E-state index in [0.717, 1.165) is 39.0 Å². The van der Waals surface area contributed by atoms with Crippen molar-refractivity contribution in [1.82, 2.24) is 35.4 Å². The Hall–Kier alpha value is -5.51. The van der Waals surface area contributed by atoms with Crippen LogP contribution in [0.2, 0.25) is 0 Å². The topological polar surface area (TPSA) is 188 Å². The summed E-state index contributed by atoms with van der Waals surface area (Å²) in [4.78, 5) is 77.0. The number of carbonyl (C=O) groups excluding carboxylic acids is 5. The summed E-state index contributed by atoms with van der Waals surface area (Å²) in [6.45, 7) is 4.38. The molecule has 16 heteroatoms.